The van der Waals surface area contributed by atoms with Gasteiger partial charge in [-0.05, 0) is 32.1 Å². The number of carbonyl (C=O) groups is 1. The maximum absolute atomic E-state index is 12.0. The van der Waals surface area contributed by atoms with Gasteiger partial charge in [-0.15, -0.1) is 0 Å². The van der Waals surface area contributed by atoms with Crippen LogP contribution in [0.25, 0.3) is 0 Å². The van der Waals surface area contributed by atoms with E-state index in [4.69, 9.17) is 21.4 Å². The highest BCUT2D eigenvalue weighted by Crippen LogP contribution is 2.35. The van der Waals surface area contributed by atoms with Gasteiger partial charge in [-0.2, -0.15) is 4.98 Å². The van der Waals surface area contributed by atoms with Crippen molar-refractivity contribution in [1.29, 1.82) is 0 Å². The minimum Gasteiger partial charge on any atom is -0.299 e. The topological polar surface area (TPSA) is 64.5 Å². The van der Waals surface area contributed by atoms with Crippen molar-refractivity contribution >= 4 is 17.7 Å². The van der Waals surface area contributed by atoms with Gasteiger partial charge in [0.1, 0.15) is 11.5 Å². The van der Waals surface area contributed by atoms with E-state index in [2.05, 4.69) is 9.97 Å². The average molecular weight is 284 g/mol. The molecule has 1 aromatic rings. The van der Waals surface area contributed by atoms with Gasteiger partial charge in [0.25, 0.3) is 5.88 Å². The summed E-state index contributed by atoms with van der Waals surface area (Å²) in [6, 6.07) is 1.98. The standard InChI is InChI=1S/C12H14ClN3O3/c13-10-6-11(15-7-14-10)18-19-12(17)16-8-2-1-3-9(16)5-4-8/h6-9H,1-5H2. The Bertz CT molecular complexity index is 469. The van der Waals surface area contributed by atoms with Crippen LogP contribution >= 0.6 is 11.6 Å². The molecule has 19 heavy (non-hydrogen) atoms. The Labute approximate surface area is 115 Å². The molecule has 1 amide bonds. The lowest BCUT2D eigenvalue weighted by molar-refractivity contribution is -0.161. The summed E-state index contributed by atoms with van der Waals surface area (Å²) in [7, 11) is 0. The lowest BCUT2D eigenvalue weighted by Crippen LogP contribution is -2.44. The van der Waals surface area contributed by atoms with Crippen LogP contribution in [0.15, 0.2) is 12.4 Å². The summed E-state index contributed by atoms with van der Waals surface area (Å²) in [5, 5.41) is 0.235. The predicted octanol–water partition coefficient (Wildman–Crippen LogP) is 2.58. The third-order valence-electron chi connectivity index (χ3n) is 3.71. The van der Waals surface area contributed by atoms with Crippen molar-refractivity contribution in [3.05, 3.63) is 17.5 Å². The number of rotatable bonds is 2. The van der Waals surface area contributed by atoms with E-state index in [1.165, 1.54) is 18.8 Å². The molecule has 2 unspecified atom stereocenters. The Morgan fingerprint density at radius 1 is 1.26 bits per heavy atom. The SMILES string of the molecule is O=C(OOc1cc(Cl)ncn1)N1C2CCCC1CC2. The first-order chi connectivity index (χ1) is 9.24. The van der Waals surface area contributed by atoms with Crippen LogP contribution in [0, 0.1) is 0 Å². The second-order valence-corrected chi connectivity index (χ2v) is 5.22. The number of aromatic nitrogens is 2. The smallest absolute Gasteiger partial charge is 0.299 e. The molecule has 2 saturated heterocycles. The molecule has 7 heteroatoms. The number of piperidine rings is 1. The molecule has 1 aromatic heterocycles. The third-order valence-corrected chi connectivity index (χ3v) is 3.92. The molecule has 0 spiro atoms. The second kappa shape index (κ2) is 5.21. The zero-order chi connectivity index (χ0) is 13.2. The Balaban J connectivity index is 1.60. The maximum Gasteiger partial charge on any atom is 0.453 e. The number of fused-ring (bicyclic) bond motifs is 2. The molecule has 2 aliphatic heterocycles. The summed E-state index contributed by atoms with van der Waals surface area (Å²) in [5.41, 5.74) is 0. The molecule has 0 radical (unpaired) electrons. The summed E-state index contributed by atoms with van der Waals surface area (Å²) in [4.78, 5) is 31.1. The third kappa shape index (κ3) is 2.58. The molecule has 2 bridgehead atoms. The van der Waals surface area contributed by atoms with Crippen LogP contribution in [0.1, 0.15) is 32.1 Å². The number of carbonyl (C=O) groups excluding carboxylic acids is 1. The van der Waals surface area contributed by atoms with Crippen molar-refractivity contribution in [3.63, 3.8) is 0 Å². The Morgan fingerprint density at radius 3 is 2.68 bits per heavy atom. The number of nitrogens with zero attached hydrogens (tertiary/aromatic N) is 3. The van der Waals surface area contributed by atoms with E-state index >= 15 is 0 Å². The van der Waals surface area contributed by atoms with E-state index in [0.717, 1.165) is 25.7 Å². The van der Waals surface area contributed by atoms with Crippen LogP contribution in [0.2, 0.25) is 5.15 Å². The fraction of sp³-hybridized carbons (Fsp3) is 0.583. The van der Waals surface area contributed by atoms with E-state index < -0.39 is 6.09 Å². The van der Waals surface area contributed by atoms with E-state index in [1.54, 1.807) is 4.90 Å². The Hall–Kier alpha value is -1.56. The maximum atomic E-state index is 12.0. The zero-order valence-corrected chi connectivity index (χ0v) is 11.0. The van der Waals surface area contributed by atoms with Gasteiger partial charge in [0, 0.05) is 18.2 Å². The lowest BCUT2D eigenvalue weighted by atomic mass is 10.0. The summed E-state index contributed by atoms with van der Waals surface area (Å²) in [5.74, 6) is 0.123. The molecule has 0 saturated carbocycles. The summed E-state index contributed by atoms with van der Waals surface area (Å²) < 4.78 is 0. The fourth-order valence-corrected chi connectivity index (χ4v) is 3.04. The summed E-state index contributed by atoms with van der Waals surface area (Å²) in [6.07, 6.45) is 6.19. The van der Waals surface area contributed by atoms with Gasteiger partial charge < -0.3 is 0 Å². The van der Waals surface area contributed by atoms with Crippen LogP contribution in [-0.2, 0) is 4.89 Å². The quantitative estimate of drug-likeness (QED) is 0.474. The highest BCUT2D eigenvalue weighted by atomic mass is 35.5. The van der Waals surface area contributed by atoms with E-state index in [0.29, 0.717) is 12.1 Å². The van der Waals surface area contributed by atoms with E-state index in [-0.39, 0.29) is 11.0 Å². The van der Waals surface area contributed by atoms with Crippen LogP contribution in [0.4, 0.5) is 4.79 Å². The van der Waals surface area contributed by atoms with Crippen molar-refractivity contribution in [2.45, 2.75) is 44.2 Å². The number of amides is 1. The van der Waals surface area contributed by atoms with Gasteiger partial charge in [0.2, 0.25) is 0 Å². The van der Waals surface area contributed by atoms with Gasteiger partial charge in [0.05, 0.1) is 0 Å². The largest absolute Gasteiger partial charge is 0.453 e. The molecule has 3 heterocycles. The first-order valence-electron chi connectivity index (χ1n) is 6.38. The van der Waals surface area contributed by atoms with Crippen LogP contribution < -0.4 is 4.89 Å². The van der Waals surface area contributed by atoms with Crippen LogP contribution in [0.5, 0.6) is 5.88 Å². The van der Waals surface area contributed by atoms with Gasteiger partial charge >= 0.3 is 6.09 Å². The molecule has 2 aliphatic rings. The lowest BCUT2D eigenvalue weighted by Gasteiger charge is -2.32. The van der Waals surface area contributed by atoms with Crippen molar-refractivity contribution in [1.82, 2.24) is 14.9 Å². The highest BCUT2D eigenvalue weighted by Gasteiger charge is 2.41. The molecule has 0 N–H and O–H groups in total. The molecule has 3 rings (SSSR count). The predicted molar refractivity (Wildman–Crippen MR) is 66.7 cm³/mol. The van der Waals surface area contributed by atoms with Gasteiger partial charge in [0.15, 0.2) is 0 Å². The van der Waals surface area contributed by atoms with Crippen molar-refractivity contribution in [2.24, 2.45) is 0 Å². The van der Waals surface area contributed by atoms with Gasteiger partial charge in [-0.25, -0.2) is 14.7 Å². The zero-order valence-electron chi connectivity index (χ0n) is 10.3. The molecule has 6 nitrogen and oxygen atoms in total. The van der Waals surface area contributed by atoms with Crippen molar-refractivity contribution in [2.75, 3.05) is 0 Å². The minimum atomic E-state index is -0.443. The van der Waals surface area contributed by atoms with E-state index in [1.807, 2.05) is 0 Å². The first-order valence-corrected chi connectivity index (χ1v) is 6.76. The molecule has 2 fully saturated rings. The van der Waals surface area contributed by atoms with Gasteiger partial charge in [-0.1, -0.05) is 11.6 Å². The first kappa shape index (κ1) is 12.5. The second-order valence-electron chi connectivity index (χ2n) is 4.83. The molecule has 2 atom stereocenters. The summed E-state index contributed by atoms with van der Waals surface area (Å²) >= 11 is 5.68. The fourth-order valence-electron chi connectivity index (χ4n) is 2.90. The molecular weight excluding hydrogens is 270 g/mol. The molecule has 102 valence electrons. The highest BCUT2D eigenvalue weighted by molar-refractivity contribution is 6.29. The van der Waals surface area contributed by atoms with Crippen LogP contribution in [-0.4, -0.2) is 33.0 Å². The molecule has 0 aliphatic carbocycles. The minimum absolute atomic E-state index is 0.123. The number of hydrogen-bond acceptors (Lipinski definition) is 5. The van der Waals surface area contributed by atoms with Crippen molar-refractivity contribution < 1.29 is 14.6 Å². The average Bonchev–Trinajstić information content (AvgIpc) is 2.66. The molecule has 0 aromatic carbocycles. The van der Waals surface area contributed by atoms with Gasteiger partial charge in [-0.3, -0.25) is 9.79 Å². The Morgan fingerprint density at radius 2 is 2.00 bits per heavy atom. The number of halogens is 1. The van der Waals surface area contributed by atoms with Crippen molar-refractivity contribution in [3.8, 4) is 5.88 Å². The molecular formula is C12H14ClN3O3. The monoisotopic (exact) mass is 283 g/mol. The van der Waals surface area contributed by atoms with E-state index in [9.17, 15) is 4.79 Å². The summed E-state index contributed by atoms with van der Waals surface area (Å²) in [6.45, 7) is 0. The normalized spacial score (nSPS) is 25.2. The van der Waals surface area contributed by atoms with Crippen LogP contribution in [0.3, 0.4) is 0 Å². The Kier molecular flexibility index (Phi) is 3.42. The number of hydrogen-bond donors (Lipinski definition) is 0.